The second kappa shape index (κ2) is 5.70. The zero-order valence-corrected chi connectivity index (χ0v) is 11.5. The summed E-state index contributed by atoms with van der Waals surface area (Å²) in [6.07, 6.45) is 2.48. The first-order chi connectivity index (χ1) is 8.56. The van der Waals surface area contributed by atoms with Gasteiger partial charge in [-0.15, -0.1) is 0 Å². The van der Waals surface area contributed by atoms with E-state index in [1.165, 1.54) is 32.0 Å². The van der Waals surface area contributed by atoms with Crippen molar-refractivity contribution in [2.45, 2.75) is 32.7 Å². The van der Waals surface area contributed by atoms with Crippen molar-refractivity contribution in [3.05, 3.63) is 29.6 Å². The summed E-state index contributed by atoms with van der Waals surface area (Å²) >= 11 is 0. The minimum Gasteiger partial charge on any atom is -0.382 e. The van der Waals surface area contributed by atoms with Gasteiger partial charge in [0.25, 0.3) is 0 Å². The molecule has 0 spiro atoms. The fourth-order valence-electron chi connectivity index (χ4n) is 2.68. The first-order valence-corrected chi connectivity index (χ1v) is 6.77. The van der Waals surface area contributed by atoms with Gasteiger partial charge in [0.1, 0.15) is 5.82 Å². The van der Waals surface area contributed by atoms with Crippen molar-refractivity contribution in [1.82, 2.24) is 4.90 Å². The Bertz CT molecular complexity index is 397. The Labute approximate surface area is 109 Å². The summed E-state index contributed by atoms with van der Waals surface area (Å²) in [4.78, 5) is 2.38. The van der Waals surface area contributed by atoms with Crippen molar-refractivity contribution in [1.29, 1.82) is 0 Å². The lowest BCUT2D eigenvalue weighted by atomic mass is 9.90. The van der Waals surface area contributed by atoms with Gasteiger partial charge in [-0.3, -0.25) is 0 Å². The largest absolute Gasteiger partial charge is 0.382 e. The summed E-state index contributed by atoms with van der Waals surface area (Å²) in [5, 5.41) is 3.54. The molecule has 1 aliphatic heterocycles. The van der Waals surface area contributed by atoms with Crippen LogP contribution in [-0.4, -0.2) is 31.1 Å². The van der Waals surface area contributed by atoms with Gasteiger partial charge in [-0.25, -0.2) is 4.39 Å². The van der Waals surface area contributed by atoms with E-state index in [1.54, 1.807) is 6.07 Å². The van der Waals surface area contributed by atoms with Crippen molar-refractivity contribution in [3.8, 4) is 0 Å². The molecule has 0 aliphatic carbocycles. The average Bonchev–Trinajstić information content (AvgIpc) is 2.33. The number of nitrogens with one attached hydrogen (secondary N) is 1. The molecule has 1 aromatic rings. The molecule has 0 aromatic heterocycles. The highest BCUT2D eigenvalue weighted by Crippen LogP contribution is 2.24. The number of nitrogens with zero attached hydrogens (tertiary/aromatic N) is 1. The van der Waals surface area contributed by atoms with Gasteiger partial charge in [-0.2, -0.15) is 0 Å². The smallest absolute Gasteiger partial charge is 0.123 e. The van der Waals surface area contributed by atoms with Crippen LogP contribution >= 0.6 is 0 Å². The summed E-state index contributed by atoms with van der Waals surface area (Å²) in [6, 6.07) is 5.40. The minimum absolute atomic E-state index is 0.162. The molecule has 100 valence electrons. The highest BCUT2D eigenvalue weighted by molar-refractivity contribution is 5.51. The van der Waals surface area contributed by atoms with Crippen molar-refractivity contribution in [2.75, 3.05) is 25.5 Å². The van der Waals surface area contributed by atoms with E-state index in [0.29, 0.717) is 12.0 Å². The fraction of sp³-hybridized carbons (Fsp3) is 0.600. The van der Waals surface area contributed by atoms with Crippen LogP contribution < -0.4 is 5.32 Å². The number of aryl methyl sites for hydroxylation is 1. The molecule has 0 saturated carbocycles. The Balaban J connectivity index is 1.96. The molecule has 0 amide bonds. The van der Waals surface area contributed by atoms with Crippen LogP contribution in [0, 0.1) is 18.7 Å². The summed E-state index contributed by atoms with van der Waals surface area (Å²) < 4.78 is 13.0. The number of anilines is 1. The molecule has 0 bridgehead atoms. The summed E-state index contributed by atoms with van der Waals surface area (Å²) in [5.41, 5.74) is 2.04. The lowest BCUT2D eigenvalue weighted by molar-refractivity contribution is 0.208. The van der Waals surface area contributed by atoms with Crippen LogP contribution in [0.5, 0.6) is 0 Å². The van der Waals surface area contributed by atoms with Crippen molar-refractivity contribution in [3.63, 3.8) is 0 Å². The zero-order chi connectivity index (χ0) is 13.1. The highest BCUT2D eigenvalue weighted by atomic mass is 19.1. The van der Waals surface area contributed by atoms with Gasteiger partial charge in [-0.1, -0.05) is 0 Å². The van der Waals surface area contributed by atoms with Gasteiger partial charge in [0.2, 0.25) is 0 Å². The number of benzene rings is 1. The Kier molecular flexibility index (Phi) is 4.23. The molecule has 1 unspecified atom stereocenters. The third kappa shape index (κ3) is 3.22. The van der Waals surface area contributed by atoms with E-state index < -0.39 is 0 Å². The molecule has 2 rings (SSSR count). The minimum atomic E-state index is -0.162. The monoisotopic (exact) mass is 250 g/mol. The Morgan fingerprint density at radius 3 is 2.61 bits per heavy atom. The summed E-state index contributed by atoms with van der Waals surface area (Å²) in [5.74, 6) is 0.552. The number of piperidine rings is 1. The standard InChI is InChI=1S/C15H23FN2/c1-11-10-14(16)4-5-15(11)17-12(2)13-6-8-18(3)9-7-13/h4-5,10,12-13,17H,6-9H2,1-3H3. The van der Waals surface area contributed by atoms with Crippen LogP contribution in [-0.2, 0) is 0 Å². The maximum atomic E-state index is 13.0. The van der Waals surface area contributed by atoms with E-state index in [2.05, 4.69) is 24.2 Å². The second-order valence-electron chi connectivity index (χ2n) is 5.53. The zero-order valence-electron chi connectivity index (χ0n) is 11.5. The van der Waals surface area contributed by atoms with E-state index in [4.69, 9.17) is 0 Å². The molecule has 2 nitrogen and oxygen atoms in total. The van der Waals surface area contributed by atoms with Crippen LogP contribution in [0.1, 0.15) is 25.3 Å². The molecular weight excluding hydrogens is 227 g/mol. The van der Waals surface area contributed by atoms with Gasteiger partial charge in [0.15, 0.2) is 0 Å². The first kappa shape index (κ1) is 13.3. The molecule has 18 heavy (non-hydrogen) atoms. The third-order valence-electron chi connectivity index (χ3n) is 4.04. The molecular formula is C15H23FN2. The van der Waals surface area contributed by atoms with Gasteiger partial charge in [-0.05, 0) is 76.5 Å². The fourth-order valence-corrected chi connectivity index (χ4v) is 2.68. The van der Waals surface area contributed by atoms with Crippen LogP contribution in [0.2, 0.25) is 0 Å². The number of rotatable bonds is 3. The van der Waals surface area contributed by atoms with E-state index in [9.17, 15) is 4.39 Å². The third-order valence-corrected chi connectivity index (χ3v) is 4.04. The van der Waals surface area contributed by atoms with Crippen molar-refractivity contribution in [2.24, 2.45) is 5.92 Å². The highest BCUT2D eigenvalue weighted by Gasteiger charge is 2.22. The molecule has 1 saturated heterocycles. The summed E-state index contributed by atoms with van der Waals surface area (Å²) in [7, 11) is 2.18. The SMILES string of the molecule is Cc1cc(F)ccc1NC(C)C1CCN(C)CC1. The van der Waals surface area contributed by atoms with Gasteiger partial charge >= 0.3 is 0 Å². The molecule has 1 fully saturated rings. The molecule has 0 radical (unpaired) electrons. The molecule has 1 atom stereocenters. The van der Waals surface area contributed by atoms with E-state index in [-0.39, 0.29) is 5.82 Å². The molecule has 1 heterocycles. The Morgan fingerprint density at radius 2 is 2.00 bits per heavy atom. The summed E-state index contributed by atoms with van der Waals surface area (Å²) in [6.45, 7) is 6.55. The number of hydrogen-bond donors (Lipinski definition) is 1. The van der Waals surface area contributed by atoms with Crippen LogP contribution in [0.25, 0.3) is 0 Å². The van der Waals surface area contributed by atoms with E-state index in [0.717, 1.165) is 11.3 Å². The number of halogens is 1. The Hall–Kier alpha value is -1.09. The topological polar surface area (TPSA) is 15.3 Å². The van der Waals surface area contributed by atoms with E-state index >= 15 is 0 Å². The van der Waals surface area contributed by atoms with Crippen molar-refractivity contribution < 1.29 is 4.39 Å². The quantitative estimate of drug-likeness (QED) is 0.885. The predicted molar refractivity (Wildman–Crippen MR) is 74.4 cm³/mol. The molecule has 1 aromatic carbocycles. The number of hydrogen-bond acceptors (Lipinski definition) is 2. The molecule has 1 aliphatic rings. The van der Waals surface area contributed by atoms with Crippen LogP contribution in [0.4, 0.5) is 10.1 Å². The predicted octanol–water partition coefficient (Wildman–Crippen LogP) is 3.28. The molecule has 3 heteroatoms. The van der Waals surface area contributed by atoms with Crippen LogP contribution in [0.15, 0.2) is 18.2 Å². The average molecular weight is 250 g/mol. The van der Waals surface area contributed by atoms with Crippen LogP contribution in [0.3, 0.4) is 0 Å². The van der Waals surface area contributed by atoms with E-state index in [1.807, 2.05) is 13.0 Å². The van der Waals surface area contributed by atoms with Gasteiger partial charge < -0.3 is 10.2 Å². The van der Waals surface area contributed by atoms with Crippen molar-refractivity contribution >= 4 is 5.69 Å². The van der Waals surface area contributed by atoms with Gasteiger partial charge in [0.05, 0.1) is 0 Å². The maximum Gasteiger partial charge on any atom is 0.123 e. The maximum absolute atomic E-state index is 13.0. The normalized spacial score (nSPS) is 19.8. The lowest BCUT2D eigenvalue weighted by Gasteiger charge is -2.33. The Morgan fingerprint density at radius 1 is 1.33 bits per heavy atom. The van der Waals surface area contributed by atoms with Gasteiger partial charge in [0, 0.05) is 11.7 Å². The number of likely N-dealkylation sites (tertiary alicyclic amines) is 1. The first-order valence-electron chi connectivity index (χ1n) is 6.77. The second-order valence-corrected chi connectivity index (χ2v) is 5.53. The lowest BCUT2D eigenvalue weighted by Crippen LogP contribution is -2.37. The molecule has 1 N–H and O–H groups in total.